The smallest absolute Gasteiger partial charge is 0.278 e. The zero-order chi connectivity index (χ0) is 22.8. The number of nitrogens with zero attached hydrogens (tertiary/aromatic N) is 4. The molecule has 2 saturated heterocycles. The number of hydrogen-bond acceptors (Lipinski definition) is 6. The van der Waals surface area contributed by atoms with E-state index in [1.807, 2.05) is 10.7 Å². The summed E-state index contributed by atoms with van der Waals surface area (Å²) in [4.78, 5) is 22.9. The van der Waals surface area contributed by atoms with E-state index in [1.54, 1.807) is 18.3 Å². The third-order valence-electron chi connectivity index (χ3n) is 6.69. The molecule has 5 rings (SSSR count). The summed E-state index contributed by atoms with van der Waals surface area (Å²) in [5.74, 6) is 0.410. The number of likely N-dealkylation sites (tertiary alicyclic amines) is 1. The minimum absolute atomic E-state index is 0.178. The van der Waals surface area contributed by atoms with Gasteiger partial charge in [0.05, 0.1) is 22.3 Å². The molecule has 3 N–H and O–H groups in total. The first-order valence-electron chi connectivity index (χ1n) is 11.7. The Labute approximate surface area is 202 Å². The van der Waals surface area contributed by atoms with Gasteiger partial charge in [-0.25, -0.2) is 4.98 Å². The lowest BCUT2D eigenvalue weighted by Crippen LogP contribution is -2.46. The van der Waals surface area contributed by atoms with Crippen molar-refractivity contribution in [1.82, 2.24) is 30.0 Å². The van der Waals surface area contributed by atoms with Crippen LogP contribution in [0.25, 0.3) is 11.0 Å². The first kappa shape index (κ1) is 22.7. The quantitative estimate of drug-likeness (QED) is 0.487. The van der Waals surface area contributed by atoms with E-state index in [-0.39, 0.29) is 11.6 Å². The summed E-state index contributed by atoms with van der Waals surface area (Å²) in [5.41, 5.74) is 1.91. The van der Waals surface area contributed by atoms with E-state index in [2.05, 4.69) is 30.6 Å². The van der Waals surface area contributed by atoms with Crippen molar-refractivity contribution in [2.75, 3.05) is 31.5 Å². The van der Waals surface area contributed by atoms with Crippen LogP contribution in [0.15, 0.2) is 29.2 Å². The molecule has 1 atom stereocenters. The molecule has 176 valence electrons. The van der Waals surface area contributed by atoms with Gasteiger partial charge in [0, 0.05) is 32.2 Å². The van der Waals surface area contributed by atoms with Crippen LogP contribution < -0.4 is 16.2 Å². The highest BCUT2D eigenvalue weighted by molar-refractivity contribution is 6.42. The second-order valence-electron chi connectivity index (χ2n) is 9.02. The van der Waals surface area contributed by atoms with Crippen molar-refractivity contribution in [2.24, 2.45) is 0 Å². The van der Waals surface area contributed by atoms with E-state index in [9.17, 15) is 4.79 Å². The Morgan fingerprint density at radius 2 is 1.97 bits per heavy atom. The van der Waals surface area contributed by atoms with Gasteiger partial charge < -0.3 is 15.5 Å². The molecule has 2 aromatic heterocycles. The van der Waals surface area contributed by atoms with Gasteiger partial charge in [0.1, 0.15) is 5.52 Å². The van der Waals surface area contributed by atoms with Crippen LogP contribution in [0, 0.1) is 0 Å². The van der Waals surface area contributed by atoms with Crippen molar-refractivity contribution in [3.63, 3.8) is 0 Å². The van der Waals surface area contributed by atoms with Crippen LogP contribution in [0.4, 0.5) is 5.95 Å². The Bertz CT molecular complexity index is 1160. The molecule has 0 radical (unpaired) electrons. The average Bonchev–Trinajstić information content (AvgIpc) is 3.26. The van der Waals surface area contributed by atoms with Gasteiger partial charge in [-0.3, -0.25) is 14.5 Å². The summed E-state index contributed by atoms with van der Waals surface area (Å²) in [7, 11) is 0. The van der Waals surface area contributed by atoms with Gasteiger partial charge in [0.25, 0.3) is 5.56 Å². The van der Waals surface area contributed by atoms with E-state index in [0.717, 1.165) is 44.6 Å². The summed E-state index contributed by atoms with van der Waals surface area (Å²) < 4.78 is 1.88. The maximum absolute atomic E-state index is 12.9. The molecule has 10 heteroatoms. The number of rotatable bonds is 6. The van der Waals surface area contributed by atoms with E-state index in [1.165, 1.54) is 19.3 Å². The van der Waals surface area contributed by atoms with Crippen LogP contribution in [-0.2, 0) is 6.54 Å². The third-order valence-corrected chi connectivity index (χ3v) is 7.43. The fraction of sp³-hybridized carbons (Fsp3) is 0.522. The Morgan fingerprint density at radius 1 is 1.12 bits per heavy atom. The predicted molar refractivity (Wildman–Crippen MR) is 132 cm³/mol. The van der Waals surface area contributed by atoms with Crippen LogP contribution in [0.5, 0.6) is 0 Å². The highest BCUT2D eigenvalue weighted by Gasteiger charge is 2.26. The van der Waals surface area contributed by atoms with Crippen molar-refractivity contribution in [1.29, 1.82) is 0 Å². The molecule has 3 aromatic rings. The molecule has 1 aromatic carbocycles. The largest absolute Gasteiger partial charge is 0.352 e. The van der Waals surface area contributed by atoms with Crippen molar-refractivity contribution in [2.45, 2.75) is 50.7 Å². The molecule has 0 aliphatic carbocycles. The summed E-state index contributed by atoms with van der Waals surface area (Å²) in [6.07, 6.45) is 7.55. The Morgan fingerprint density at radius 3 is 2.73 bits per heavy atom. The summed E-state index contributed by atoms with van der Waals surface area (Å²) in [6, 6.07) is 6.26. The van der Waals surface area contributed by atoms with Crippen LogP contribution in [0.2, 0.25) is 10.0 Å². The molecule has 2 fully saturated rings. The SMILES string of the molecule is O=c1[nH]c(NCc2ccc(Cl)c(Cl)c2)nc2cnn(C3CCN(CC4CCCCN4)CC3)c12. The first-order chi connectivity index (χ1) is 16.1. The standard InChI is InChI=1S/C23H29Cl2N7O/c24-18-5-4-15(11-19(18)25)12-27-23-29-20-13-28-32(21(20)22(33)30-23)17-6-9-31(10-7-17)14-16-3-1-2-8-26-16/h4-5,11,13,16-17,26H,1-3,6-10,12,14H2,(H2,27,29,30,33). The third kappa shape index (κ3) is 5.19. The molecule has 33 heavy (non-hydrogen) atoms. The number of nitrogens with one attached hydrogen (secondary N) is 3. The van der Waals surface area contributed by atoms with Crippen LogP contribution >= 0.6 is 23.2 Å². The number of H-pyrrole nitrogens is 1. The second-order valence-corrected chi connectivity index (χ2v) is 9.83. The Kier molecular flexibility index (Phi) is 6.87. The van der Waals surface area contributed by atoms with Gasteiger partial charge in [-0.05, 0) is 49.9 Å². The average molecular weight is 490 g/mol. The van der Waals surface area contributed by atoms with E-state index < -0.39 is 0 Å². The zero-order valence-corrected chi connectivity index (χ0v) is 20.0. The summed E-state index contributed by atoms with van der Waals surface area (Å²) in [5, 5.41) is 12.3. The first-order valence-corrected chi connectivity index (χ1v) is 12.4. The van der Waals surface area contributed by atoms with E-state index in [0.29, 0.717) is 39.6 Å². The van der Waals surface area contributed by atoms with E-state index >= 15 is 0 Å². The van der Waals surface area contributed by atoms with Gasteiger partial charge in [-0.1, -0.05) is 35.7 Å². The number of benzene rings is 1. The van der Waals surface area contributed by atoms with Crippen molar-refractivity contribution >= 4 is 40.2 Å². The van der Waals surface area contributed by atoms with Crippen molar-refractivity contribution in [3.05, 3.63) is 50.4 Å². The lowest BCUT2D eigenvalue weighted by Gasteiger charge is -2.35. The summed E-state index contributed by atoms with van der Waals surface area (Å²) in [6.45, 7) is 4.77. The molecule has 0 saturated carbocycles. The molecule has 0 bridgehead atoms. The van der Waals surface area contributed by atoms with Gasteiger partial charge in [0.2, 0.25) is 5.95 Å². The number of aromatic nitrogens is 4. The topological polar surface area (TPSA) is 90.9 Å². The molecule has 0 spiro atoms. The molecule has 1 unspecified atom stereocenters. The number of halogens is 2. The van der Waals surface area contributed by atoms with Gasteiger partial charge in [0.15, 0.2) is 5.52 Å². The monoisotopic (exact) mass is 489 g/mol. The number of anilines is 1. The molecule has 8 nitrogen and oxygen atoms in total. The minimum atomic E-state index is -0.178. The molecule has 2 aliphatic heterocycles. The molecule has 2 aliphatic rings. The van der Waals surface area contributed by atoms with Crippen molar-refractivity contribution in [3.8, 4) is 0 Å². The second kappa shape index (κ2) is 10.0. The van der Waals surface area contributed by atoms with Gasteiger partial charge in [-0.15, -0.1) is 0 Å². The number of hydrogen-bond donors (Lipinski definition) is 3. The van der Waals surface area contributed by atoms with E-state index in [4.69, 9.17) is 23.2 Å². The summed E-state index contributed by atoms with van der Waals surface area (Å²) >= 11 is 12.1. The molecular weight excluding hydrogens is 461 g/mol. The maximum atomic E-state index is 12.9. The molecular formula is C23H29Cl2N7O. The maximum Gasteiger partial charge on any atom is 0.278 e. The van der Waals surface area contributed by atoms with Crippen molar-refractivity contribution < 1.29 is 0 Å². The Hall–Kier alpha value is -2.13. The van der Waals surface area contributed by atoms with Gasteiger partial charge in [-0.2, -0.15) is 5.10 Å². The fourth-order valence-electron chi connectivity index (χ4n) is 4.90. The lowest BCUT2D eigenvalue weighted by atomic mass is 10.0. The molecule has 4 heterocycles. The minimum Gasteiger partial charge on any atom is -0.352 e. The highest BCUT2D eigenvalue weighted by Crippen LogP contribution is 2.26. The lowest BCUT2D eigenvalue weighted by molar-refractivity contribution is 0.159. The van der Waals surface area contributed by atoms with Crippen LogP contribution in [0.1, 0.15) is 43.7 Å². The highest BCUT2D eigenvalue weighted by atomic mass is 35.5. The normalized spacial score (nSPS) is 20.4. The van der Waals surface area contributed by atoms with Gasteiger partial charge >= 0.3 is 0 Å². The van der Waals surface area contributed by atoms with Crippen LogP contribution in [-0.4, -0.2) is 56.9 Å². The Balaban J connectivity index is 1.24. The number of fused-ring (bicyclic) bond motifs is 1. The zero-order valence-electron chi connectivity index (χ0n) is 18.5. The fourth-order valence-corrected chi connectivity index (χ4v) is 5.23. The van der Waals surface area contributed by atoms with Crippen LogP contribution in [0.3, 0.4) is 0 Å². The molecule has 0 amide bonds. The number of piperidine rings is 2. The predicted octanol–water partition coefficient (Wildman–Crippen LogP) is 3.82. The number of aromatic amines is 1.